The zero-order chi connectivity index (χ0) is 14.0. The number of aromatic nitrogens is 3. The van der Waals surface area contributed by atoms with Gasteiger partial charge in [-0.1, -0.05) is 25.7 Å². The second kappa shape index (κ2) is 5.54. The highest BCUT2D eigenvalue weighted by molar-refractivity contribution is 5.83. The normalized spacial score (nSPS) is 22.2. The van der Waals surface area contributed by atoms with Crippen LogP contribution in [0.2, 0.25) is 0 Å². The molecule has 1 aromatic rings. The van der Waals surface area contributed by atoms with Crippen LogP contribution in [-0.4, -0.2) is 27.8 Å². The number of H-pyrrole nitrogens is 1. The molecular formula is C15H23N3O2. The van der Waals surface area contributed by atoms with Gasteiger partial charge in [0.25, 0.3) is 0 Å². The lowest BCUT2D eigenvalue weighted by Gasteiger charge is -2.36. The Kier molecular flexibility index (Phi) is 3.76. The van der Waals surface area contributed by atoms with E-state index >= 15 is 0 Å². The third-order valence-electron chi connectivity index (χ3n) is 4.80. The van der Waals surface area contributed by atoms with Crippen molar-refractivity contribution in [3.8, 4) is 0 Å². The van der Waals surface area contributed by atoms with Crippen molar-refractivity contribution in [1.82, 2.24) is 15.2 Å². The summed E-state index contributed by atoms with van der Waals surface area (Å²) in [5.74, 6) is 1.96. The number of carbonyl (C=O) groups is 1. The van der Waals surface area contributed by atoms with Gasteiger partial charge in [-0.25, -0.2) is 4.98 Å². The highest BCUT2D eigenvalue weighted by Gasteiger charge is 2.50. The molecule has 0 unspecified atom stereocenters. The standard InChI is InChI=1S/C15H23N3O2/c1-2-20-14(19)15(9-6-10-15)13-16-12(17-18-13)11-7-4-3-5-8-11/h11H,2-10H2,1H3,(H,16,17,18). The van der Waals surface area contributed by atoms with Crippen LogP contribution in [0.1, 0.15) is 75.9 Å². The molecule has 0 aliphatic heterocycles. The van der Waals surface area contributed by atoms with E-state index in [9.17, 15) is 4.79 Å². The van der Waals surface area contributed by atoms with Crippen LogP contribution in [0.25, 0.3) is 0 Å². The number of hydrogen-bond acceptors (Lipinski definition) is 4. The number of nitrogens with one attached hydrogen (secondary N) is 1. The first-order chi connectivity index (χ1) is 9.76. The van der Waals surface area contributed by atoms with Crippen molar-refractivity contribution < 1.29 is 9.53 Å². The molecule has 20 heavy (non-hydrogen) atoms. The molecule has 0 bridgehead atoms. The summed E-state index contributed by atoms with van der Waals surface area (Å²) < 4.78 is 5.23. The van der Waals surface area contributed by atoms with E-state index in [0.29, 0.717) is 18.3 Å². The molecule has 2 saturated carbocycles. The van der Waals surface area contributed by atoms with Crippen LogP contribution < -0.4 is 0 Å². The van der Waals surface area contributed by atoms with Gasteiger partial charge in [-0.05, 0) is 32.6 Å². The lowest BCUT2D eigenvalue weighted by atomic mass is 9.68. The Morgan fingerprint density at radius 3 is 2.65 bits per heavy atom. The van der Waals surface area contributed by atoms with Crippen molar-refractivity contribution in [1.29, 1.82) is 0 Å². The van der Waals surface area contributed by atoms with Crippen LogP contribution in [0.15, 0.2) is 0 Å². The fraction of sp³-hybridized carbons (Fsp3) is 0.800. The smallest absolute Gasteiger partial charge is 0.319 e. The van der Waals surface area contributed by atoms with Crippen LogP contribution in [-0.2, 0) is 14.9 Å². The molecule has 5 heteroatoms. The van der Waals surface area contributed by atoms with Gasteiger partial charge >= 0.3 is 5.97 Å². The van der Waals surface area contributed by atoms with E-state index in [1.54, 1.807) is 0 Å². The van der Waals surface area contributed by atoms with Gasteiger partial charge in [0.05, 0.1) is 6.61 Å². The minimum atomic E-state index is -0.570. The van der Waals surface area contributed by atoms with Crippen molar-refractivity contribution in [2.75, 3.05) is 6.61 Å². The van der Waals surface area contributed by atoms with Crippen molar-refractivity contribution in [3.05, 3.63) is 11.6 Å². The highest BCUT2D eigenvalue weighted by Crippen LogP contribution is 2.43. The first-order valence-corrected chi connectivity index (χ1v) is 7.86. The number of esters is 1. The summed E-state index contributed by atoms with van der Waals surface area (Å²) in [5, 5.41) is 7.43. The summed E-state index contributed by atoms with van der Waals surface area (Å²) in [6.07, 6.45) is 8.90. The summed E-state index contributed by atoms with van der Waals surface area (Å²) in [6.45, 7) is 2.26. The monoisotopic (exact) mass is 277 g/mol. The zero-order valence-electron chi connectivity index (χ0n) is 12.2. The van der Waals surface area contributed by atoms with Crippen LogP contribution in [0, 0.1) is 0 Å². The van der Waals surface area contributed by atoms with Gasteiger partial charge in [-0.2, -0.15) is 5.10 Å². The molecule has 0 amide bonds. The summed E-state index contributed by atoms with van der Waals surface area (Å²) in [5.41, 5.74) is -0.570. The fourth-order valence-electron chi connectivity index (χ4n) is 3.37. The topological polar surface area (TPSA) is 67.9 Å². The average molecular weight is 277 g/mol. The van der Waals surface area contributed by atoms with Crippen molar-refractivity contribution in [3.63, 3.8) is 0 Å². The Bertz CT molecular complexity index is 473. The fourth-order valence-corrected chi connectivity index (χ4v) is 3.37. The average Bonchev–Trinajstić information content (AvgIpc) is 2.89. The number of aromatic amines is 1. The van der Waals surface area contributed by atoms with E-state index in [0.717, 1.165) is 25.1 Å². The van der Waals surface area contributed by atoms with Crippen LogP contribution >= 0.6 is 0 Å². The molecule has 2 fully saturated rings. The SMILES string of the molecule is CCOC(=O)C1(c2n[nH]c(C3CCCCC3)n2)CCC1. The molecule has 2 aliphatic rings. The Balaban J connectivity index is 1.79. The molecule has 5 nitrogen and oxygen atoms in total. The van der Waals surface area contributed by atoms with Crippen LogP contribution in [0.4, 0.5) is 0 Å². The van der Waals surface area contributed by atoms with Gasteiger partial charge in [0.1, 0.15) is 11.2 Å². The maximum atomic E-state index is 12.2. The van der Waals surface area contributed by atoms with Crippen LogP contribution in [0.3, 0.4) is 0 Å². The Labute approximate surface area is 119 Å². The molecule has 0 spiro atoms. The molecule has 3 rings (SSSR count). The predicted octanol–water partition coefficient (Wildman–Crippen LogP) is 2.84. The summed E-state index contributed by atoms with van der Waals surface area (Å²) >= 11 is 0. The van der Waals surface area contributed by atoms with E-state index < -0.39 is 5.41 Å². The number of rotatable bonds is 4. The van der Waals surface area contributed by atoms with Gasteiger partial charge < -0.3 is 4.74 Å². The number of ether oxygens (including phenoxy) is 1. The lowest BCUT2D eigenvalue weighted by molar-refractivity contribution is -0.154. The minimum absolute atomic E-state index is 0.152. The van der Waals surface area contributed by atoms with E-state index in [1.807, 2.05) is 6.92 Å². The maximum Gasteiger partial charge on any atom is 0.319 e. The second-order valence-electron chi connectivity index (χ2n) is 6.04. The van der Waals surface area contributed by atoms with Gasteiger partial charge in [0.15, 0.2) is 5.82 Å². The molecule has 0 aromatic carbocycles. The van der Waals surface area contributed by atoms with E-state index in [2.05, 4.69) is 15.2 Å². The minimum Gasteiger partial charge on any atom is -0.465 e. The van der Waals surface area contributed by atoms with Gasteiger partial charge in [0.2, 0.25) is 0 Å². The van der Waals surface area contributed by atoms with Gasteiger partial charge in [0, 0.05) is 5.92 Å². The Morgan fingerprint density at radius 1 is 1.30 bits per heavy atom. The Morgan fingerprint density at radius 2 is 2.05 bits per heavy atom. The first-order valence-electron chi connectivity index (χ1n) is 7.86. The third kappa shape index (κ3) is 2.23. The molecule has 0 atom stereocenters. The van der Waals surface area contributed by atoms with Crippen molar-refractivity contribution in [2.24, 2.45) is 0 Å². The van der Waals surface area contributed by atoms with Gasteiger partial charge in [-0.15, -0.1) is 0 Å². The van der Waals surface area contributed by atoms with E-state index in [1.165, 1.54) is 32.1 Å². The molecule has 1 heterocycles. The summed E-state index contributed by atoms with van der Waals surface area (Å²) in [6, 6.07) is 0. The highest BCUT2D eigenvalue weighted by atomic mass is 16.5. The summed E-state index contributed by atoms with van der Waals surface area (Å²) in [4.78, 5) is 16.9. The molecule has 0 saturated heterocycles. The van der Waals surface area contributed by atoms with Crippen molar-refractivity contribution >= 4 is 5.97 Å². The predicted molar refractivity (Wildman–Crippen MR) is 74.4 cm³/mol. The molecule has 0 radical (unpaired) electrons. The van der Waals surface area contributed by atoms with Crippen LogP contribution in [0.5, 0.6) is 0 Å². The largest absolute Gasteiger partial charge is 0.465 e. The maximum absolute atomic E-state index is 12.2. The molecule has 2 aliphatic carbocycles. The molecule has 1 aromatic heterocycles. The number of hydrogen-bond donors (Lipinski definition) is 1. The number of carbonyl (C=O) groups excluding carboxylic acids is 1. The lowest BCUT2D eigenvalue weighted by Crippen LogP contribution is -2.44. The summed E-state index contributed by atoms with van der Waals surface area (Å²) in [7, 11) is 0. The van der Waals surface area contributed by atoms with E-state index in [-0.39, 0.29) is 5.97 Å². The first kappa shape index (κ1) is 13.6. The zero-order valence-corrected chi connectivity index (χ0v) is 12.2. The molecule has 1 N–H and O–H groups in total. The quantitative estimate of drug-likeness (QED) is 0.859. The van der Waals surface area contributed by atoms with Gasteiger partial charge in [-0.3, -0.25) is 9.89 Å². The molecule has 110 valence electrons. The van der Waals surface area contributed by atoms with Crippen molar-refractivity contribution in [2.45, 2.75) is 69.6 Å². The number of nitrogens with zero attached hydrogens (tertiary/aromatic N) is 2. The van der Waals surface area contributed by atoms with E-state index in [4.69, 9.17) is 4.74 Å². The Hall–Kier alpha value is -1.39. The molecular weight excluding hydrogens is 254 g/mol. The third-order valence-corrected chi connectivity index (χ3v) is 4.80. The second-order valence-corrected chi connectivity index (χ2v) is 6.04.